The molecule has 2 rings (SSSR count). The molecule has 0 aliphatic carbocycles. The van der Waals surface area contributed by atoms with Gasteiger partial charge in [-0.05, 0) is 12.1 Å². The summed E-state index contributed by atoms with van der Waals surface area (Å²) in [6.07, 6.45) is 0.932. The quantitative estimate of drug-likeness (QED) is 0.759. The van der Waals surface area contributed by atoms with Crippen LogP contribution in [0.3, 0.4) is 0 Å². The number of hydrogen-bond acceptors (Lipinski definition) is 3. The van der Waals surface area contributed by atoms with E-state index in [0.29, 0.717) is 5.88 Å². The fraction of sp³-hybridized carbons (Fsp3) is 0.500. The highest BCUT2D eigenvalue weighted by molar-refractivity contribution is 6.18. The molecule has 0 atom stereocenters. The molecule has 4 heteroatoms. The zero-order valence-electron chi connectivity index (χ0n) is 9.41. The molecule has 88 valence electrons. The van der Waals surface area contributed by atoms with Gasteiger partial charge >= 0.3 is 0 Å². The van der Waals surface area contributed by atoms with Crippen molar-refractivity contribution in [1.29, 1.82) is 0 Å². The third kappa shape index (κ3) is 2.53. The zero-order valence-corrected chi connectivity index (χ0v) is 10.2. The maximum Gasteiger partial charge on any atom is 0.163 e. The van der Waals surface area contributed by atoms with E-state index in [0.717, 1.165) is 43.4 Å². The van der Waals surface area contributed by atoms with E-state index in [1.165, 1.54) is 0 Å². The SMILES string of the molecule is CN(CCCl)c1ccc2c(c1)OCCCO2. The Morgan fingerprint density at radius 2 is 2.00 bits per heavy atom. The minimum Gasteiger partial charge on any atom is -0.490 e. The second-order valence-corrected chi connectivity index (χ2v) is 4.17. The first kappa shape index (κ1) is 11.4. The van der Waals surface area contributed by atoms with Crippen LogP contribution in [0, 0.1) is 0 Å². The largest absolute Gasteiger partial charge is 0.490 e. The van der Waals surface area contributed by atoms with Crippen molar-refractivity contribution >= 4 is 17.3 Å². The van der Waals surface area contributed by atoms with Crippen LogP contribution in [-0.4, -0.2) is 32.7 Å². The van der Waals surface area contributed by atoms with Crippen molar-refractivity contribution in [3.63, 3.8) is 0 Å². The predicted molar refractivity (Wildman–Crippen MR) is 66.0 cm³/mol. The van der Waals surface area contributed by atoms with E-state index in [-0.39, 0.29) is 0 Å². The first-order valence-corrected chi connectivity index (χ1v) is 6.01. The van der Waals surface area contributed by atoms with E-state index >= 15 is 0 Å². The summed E-state index contributed by atoms with van der Waals surface area (Å²) in [7, 11) is 2.02. The van der Waals surface area contributed by atoms with Gasteiger partial charge in [0, 0.05) is 37.6 Å². The van der Waals surface area contributed by atoms with Gasteiger partial charge in [-0.2, -0.15) is 0 Å². The summed E-state index contributed by atoms with van der Waals surface area (Å²) < 4.78 is 11.2. The lowest BCUT2D eigenvalue weighted by atomic mass is 10.2. The van der Waals surface area contributed by atoms with Crippen LogP contribution in [0.1, 0.15) is 6.42 Å². The van der Waals surface area contributed by atoms with Gasteiger partial charge in [-0.25, -0.2) is 0 Å². The van der Waals surface area contributed by atoms with E-state index < -0.39 is 0 Å². The minimum atomic E-state index is 0.616. The van der Waals surface area contributed by atoms with E-state index in [4.69, 9.17) is 21.1 Å². The monoisotopic (exact) mass is 241 g/mol. The molecule has 0 bridgehead atoms. The molecule has 0 N–H and O–H groups in total. The Labute approximate surface area is 101 Å². The molecule has 1 aromatic rings. The predicted octanol–water partition coefficient (Wildman–Crippen LogP) is 2.52. The minimum absolute atomic E-state index is 0.616. The molecular weight excluding hydrogens is 226 g/mol. The van der Waals surface area contributed by atoms with Crippen LogP contribution >= 0.6 is 11.6 Å². The molecule has 0 saturated carbocycles. The number of ether oxygens (including phenoxy) is 2. The van der Waals surface area contributed by atoms with Crippen molar-refractivity contribution in [2.24, 2.45) is 0 Å². The Morgan fingerprint density at radius 1 is 1.25 bits per heavy atom. The second-order valence-electron chi connectivity index (χ2n) is 3.79. The van der Waals surface area contributed by atoms with Gasteiger partial charge in [0.1, 0.15) is 0 Å². The number of hydrogen-bond donors (Lipinski definition) is 0. The average Bonchev–Trinajstić information content (AvgIpc) is 2.53. The number of fused-ring (bicyclic) bond motifs is 1. The lowest BCUT2D eigenvalue weighted by Crippen LogP contribution is -2.19. The lowest BCUT2D eigenvalue weighted by molar-refractivity contribution is 0.297. The topological polar surface area (TPSA) is 21.7 Å². The zero-order chi connectivity index (χ0) is 11.4. The molecule has 3 nitrogen and oxygen atoms in total. The van der Waals surface area contributed by atoms with Gasteiger partial charge in [0.2, 0.25) is 0 Å². The average molecular weight is 242 g/mol. The van der Waals surface area contributed by atoms with Crippen LogP contribution in [0.25, 0.3) is 0 Å². The van der Waals surface area contributed by atoms with E-state index in [1.807, 2.05) is 25.2 Å². The summed E-state index contributed by atoms with van der Waals surface area (Å²) in [6.45, 7) is 2.26. The maximum atomic E-state index is 5.72. The second kappa shape index (κ2) is 5.30. The van der Waals surface area contributed by atoms with Gasteiger partial charge in [-0.15, -0.1) is 11.6 Å². The Morgan fingerprint density at radius 3 is 2.75 bits per heavy atom. The molecule has 0 radical (unpaired) electrons. The fourth-order valence-electron chi connectivity index (χ4n) is 1.65. The number of halogens is 1. The van der Waals surface area contributed by atoms with Crippen molar-refractivity contribution in [2.75, 3.05) is 37.6 Å². The summed E-state index contributed by atoms with van der Waals surface area (Å²) in [5.41, 5.74) is 1.10. The van der Waals surface area contributed by atoms with E-state index in [9.17, 15) is 0 Å². The van der Waals surface area contributed by atoms with Crippen molar-refractivity contribution < 1.29 is 9.47 Å². The highest BCUT2D eigenvalue weighted by Gasteiger charge is 2.11. The van der Waals surface area contributed by atoms with Crippen LogP contribution in [0.15, 0.2) is 18.2 Å². The van der Waals surface area contributed by atoms with Crippen LogP contribution in [0.5, 0.6) is 11.5 Å². The van der Waals surface area contributed by atoms with Crippen molar-refractivity contribution in [2.45, 2.75) is 6.42 Å². The van der Waals surface area contributed by atoms with Crippen LogP contribution in [-0.2, 0) is 0 Å². The number of nitrogens with zero attached hydrogens (tertiary/aromatic N) is 1. The van der Waals surface area contributed by atoms with Gasteiger partial charge in [0.25, 0.3) is 0 Å². The Hall–Kier alpha value is -1.09. The molecule has 1 aliphatic rings. The Bertz CT molecular complexity index is 357. The molecule has 0 aromatic heterocycles. The molecular formula is C12H16ClNO2. The molecule has 0 fully saturated rings. The summed E-state index contributed by atoms with van der Waals surface area (Å²) >= 11 is 5.72. The van der Waals surface area contributed by atoms with Crippen molar-refractivity contribution in [3.05, 3.63) is 18.2 Å². The summed E-state index contributed by atoms with van der Waals surface area (Å²) in [4.78, 5) is 2.10. The smallest absolute Gasteiger partial charge is 0.163 e. The fourth-order valence-corrected chi connectivity index (χ4v) is 1.90. The van der Waals surface area contributed by atoms with Gasteiger partial charge in [0.05, 0.1) is 13.2 Å². The normalized spacial score (nSPS) is 14.4. The number of benzene rings is 1. The van der Waals surface area contributed by atoms with Gasteiger partial charge in [-0.1, -0.05) is 0 Å². The molecule has 1 heterocycles. The summed E-state index contributed by atoms with van der Waals surface area (Å²) in [6, 6.07) is 5.99. The number of rotatable bonds is 3. The Balaban J connectivity index is 2.20. The van der Waals surface area contributed by atoms with Gasteiger partial charge < -0.3 is 14.4 Å². The highest BCUT2D eigenvalue weighted by atomic mass is 35.5. The molecule has 0 saturated heterocycles. The van der Waals surface area contributed by atoms with Gasteiger partial charge in [-0.3, -0.25) is 0 Å². The molecule has 1 aromatic carbocycles. The van der Waals surface area contributed by atoms with Gasteiger partial charge in [0.15, 0.2) is 11.5 Å². The molecule has 16 heavy (non-hydrogen) atoms. The summed E-state index contributed by atoms with van der Waals surface area (Å²) in [5, 5.41) is 0. The van der Waals surface area contributed by atoms with Crippen LogP contribution < -0.4 is 14.4 Å². The molecule has 0 unspecified atom stereocenters. The number of alkyl halides is 1. The first-order chi connectivity index (χ1) is 7.81. The molecule has 0 amide bonds. The highest BCUT2D eigenvalue weighted by Crippen LogP contribution is 2.33. The molecule has 0 spiro atoms. The van der Waals surface area contributed by atoms with Crippen LogP contribution in [0.2, 0.25) is 0 Å². The first-order valence-electron chi connectivity index (χ1n) is 5.48. The van der Waals surface area contributed by atoms with E-state index in [2.05, 4.69) is 4.90 Å². The van der Waals surface area contributed by atoms with Crippen molar-refractivity contribution in [1.82, 2.24) is 0 Å². The van der Waals surface area contributed by atoms with Crippen LogP contribution in [0.4, 0.5) is 5.69 Å². The van der Waals surface area contributed by atoms with E-state index in [1.54, 1.807) is 0 Å². The third-order valence-electron chi connectivity index (χ3n) is 2.59. The standard InChI is InChI=1S/C12H16ClNO2/c1-14(6-5-13)10-3-4-11-12(9-10)16-8-2-7-15-11/h3-4,9H,2,5-8H2,1H3. The Kier molecular flexibility index (Phi) is 3.78. The lowest BCUT2D eigenvalue weighted by Gasteiger charge is -2.19. The third-order valence-corrected chi connectivity index (χ3v) is 2.76. The maximum absolute atomic E-state index is 5.72. The molecule has 1 aliphatic heterocycles. The van der Waals surface area contributed by atoms with Crippen molar-refractivity contribution in [3.8, 4) is 11.5 Å². The number of anilines is 1. The summed E-state index contributed by atoms with van der Waals surface area (Å²) in [5.74, 6) is 2.28.